The topological polar surface area (TPSA) is 199 Å². The number of ketones is 2. The van der Waals surface area contributed by atoms with Gasteiger partial charge in [-0.3, -0.25) is 19.2 Å². The van der Waals surface area contributed by atoms with Gasteiger partial charge in [-0.05, 0) is 52.3 Å². The van der Waals surface area contributed by atoms with E-state index in [9.17, 15) is 29.1 Å². The number of carbonyl (C=O) groups excluding carboxylic acids is 5. The molecule has 2 rings (SSSR count). The summed E-state index contributed by atoms with van der Waals surface area (Å²) in [5.74, 6) is -2.98. The number of methoxy groups -OCH3 is 2. The molecule has 1 heterocycles. The lowest BCUT2D eigenvalue weighted by molar-refractivity contribution is -0.120. The van der Waals surface area contributed by atoms with E-state index in [0.717, 1.165) is 6.08 Å². The SMILES string of the molecule is CO[C@H]1/C=C\C=C(/C)C(=O)NC2=CC(=O)C(NCCN(C)C)=C(C[C@@H](C)C[C@H](OC)[C@H](O)[C@@H](C)/C=C(\C)[C@@H]1OC(=O)NCC(N)=O)C2=O. The third-order valence-electron chi connectivity index (χ3n) is 8.05. The zero-order valence-electron chi connectivity index (χ0n) is 29.1. The van der Waals surface area contributed by atoms with Crippen LogP contribution in [0, 0.1) is 11.8 Å². The molecule has 0 spiro atoms. The van der Waals surface area contributed by atoms with Crippen molar-refractivity contribution < 1.29 is 43.3 Å². The quantitative estimate of drug-likeness (QED) is 0.173. The first-order valence-corrected chi connectivity index (χ1v) is 15.8. The van der Waals surface area contributed by atoms with Crippen molar-refractivity contribution in [1.29, 1.82) is 0 Å². The number of carbonyl (C=O) groups is 5. The van der Waals surface area contributed by atoms with Crippen LogP contribution in [0.3, 0.4) is 0 Å². The summed E-state index contributed by atoms with van der Waals surface area (Å²) in [6.07, 6.45) is 3.51. The molecule has 6 N–H and O–H groups in total. The molecule has 266 valence electrons. The van der Waals surface area contributed by atoms with Crippen LogP contribution in [0.15, 0.2) is 58.5 Å². The van der Waals surface area contributed by atoms with Gasteiger partial charge in [0, 0.05) is 50.4 Å². The third kappa shape index (κ3) is 11.8. The minimum atomic E-state index is -1.01. The molecule has 48 heavy (non-hydrogen) atoms. The molecular weight excluding hydrogens is 622 g/mol. The van der Waals surface area contributed by atoms with Crippen LogP contribution >= 0.6 is 0 Å². The first-order valence-electron chi connectivity index (χ1n) is 15.8. The largest absolute Gasteiger partial charge is 0.439 e. The number of hydrogen-bond donors (Lipinski definition) is 5. The number of rotatable bonds is 9. The molecule has 0 aromatic heterocycles. The molecule has 0 saturated heterocycles. The average Bonchev–Trinajstić information content (AvgIpc) is 3.02. The van der Waals surface area contributed by atoms with E-state index in [0.29, 0.717) is 25.1 Å². The summed E-state index contributed by atoms with van der Waals surface area (Å²) < 4.78 is 17.0. The van der Waals surface area contributed by atoms with Gasteiger partial charge in [0.05, 0.1) is 30.1 Å². The van der Waals surface area contributed by atoms with Crippen molar-refractivity contribution in [3.8, 4) is 0 Å². The maximum absolute atomic E-state index is 13.8. The maximum atomic E-state index is 13.8. The highest BCUT2D eigenvalue weighted by molar-refractivity contribution is 6.23. The monoisotopic (exact) mass is 673 g/mol. The highest BCUT2D eigenvalue weighted by Gasteiger charge is 2.33. The van der Waals surface area contributed by atoms with Crippen LogP contribution in [0.2, 0.25) is 0 Å². The Morgan fingerprint density at radius 2 is 1.81 bits per heavy atom. The molecular formula is C34H51N5O9. The molecule has 2 bridgehead atoms. The first-order chi connectivity index (χ1) is 22.6. The van der Waals surface area contributed by atoms with Crippen molar-refractivity contribution in [1.82, 2.24) is 20.9 Å². The number of ether oxygens (including phenoxy) is 3. The van der Waals surface area contributed by atoms with Crippen molar-refractivity contribution in [3.63, 3.8) is 0 Å². The first kappa shape index (κ1) is 40.1. The fraction of sp³-hybridized carbons (Fsp3) is 0.559. The van der Waals surface area contributed by atoms with E-state index in [1.807, 2.05) is 25.9 Å². The summed E-state index contributed by atoms with van der Waals surface area (Å²) in [5, 5.41) is 19.4. The Balaban J connectivity index is 2.59. The van der Waals surface area contributed by atoms with Gasteiger partial charge in [0.15, 0.2) is 6.10 Å². The van der Waals surface area contributed by atoms with Crippen LogP contribution in [-0.4, -0.2) is 112 Å². The maximum Gasteiger partial charge on any atom is 0.408 e. The van der Waals surface area contributed by atoms with Gasteiger partial charge in [0.2, 0.25) is 17.5 Å². The minimum absolute atomic E-state index is 0.137. The summed E-state index contributed by atoms with van der Waals surface area (Å²) >= 11 is 0. The smallest absolute Gasteiger partial charge is 0.408 e. The lowest BCUT2D eigenvalue weighted by atomic mass is 9.85. The Labute approximate surface area is 282 Å². The van der Waals surface area contributed by atoms with Crippen molar-refractivity contribution in [2.45, 2.75) is 65.0 Å². The van der Waals surface area contributed by atoms with Crippen molar-refractivity contribution >= 4 is 29.5 Å². The fourth-order valence-corrected chi connectivity index (χ4v) is 5.37. The Morgan fingerprint density at radius 1 is 1.12 bits per heavy atom. The molecule has 0 unspecified atom stereocenters. The van der Waals surface area contributed by atoms with Crippen LogP contribution in [-0.2, 0) is 33.4 Å². The number of nitrogens with two attached hydrogens (primary N) is 1. The molecule has 0 radical (unpaired) electrons. The zero-order valence-corrected chi connectivity index (χ0v) is 29.1. The Morgan fingerprint density at radius 3 is 2.42 bits per heavy atom. The molecule has 1 aliphatic carbocycles. The van der Waals surface area contributed by atoms with E-state index in [-0.39, 0.29) is 34.9 Å². The second kappa shape index (κ2) is 19.0. The molecule has 0 aromatic rings. The van der Waals surface area contributed by atoms with Crippen molar-refractivity contribution in [3.05, 3.63) is 58.5 Å². The lowest BCUT2D eigenvalue weighted by Gasteiger charge is -2.30. The van der Waals surface area contributed by atoms with E-state index in [1.165, 1.54) is 33.3 Å². The van der Waals surface area contributed by atoms with Crippen molar-refractivity contribution in [2.24, 2.45) is 17.6 Å². The second-order valence-corrected chi connectivity index (χ2v) is 12.4. The van der Waals surface area contributed by atoms with Gasteiger partial charge < -0.3 is 45.9 Å². The second-order valence-electron chi connectivity index (χ2n) is 12.4. The summed E-state index contributed by atoms with van der Waals surface area (Å²) in [4.78, 5) is 65.9. The molecule has 6 atom stereocenters. The minimum Gasteiger partial charge on any atom is -0.439 e. The predicted octanol–water partition coefficient (Wildman–Crippen LogP) is 1.03. The number of primary amides is 1. The zero-order chi connectivity index (χ0) is 36.1. The third-order valence-corrected chi connectivity index (χ3v) is 8.05. The molecule has 0 saturated carbocycles. The number of Topliss-reactive ketones (excluding diaryl/α,β-unsaturated/α-hetero) is 1. The summed E-state index contributed by atoms with van der Waals surface area (Å²) in [5.41, 5.74) is 6.19. The normalized spacial score (nSPS) is 29.2. The van der Waals surface area contributed by atoms with E-state index in [1.54, 1.807) is 26.0 Å². The average molecular weight is 674 g/mol. The molecule has 0 fully saturated rings. The fourth-order valence-electron chi connectivity index (χ4n) is 5.37. The molecule has 1 aliphatic heterocycles. The van der Waals surface area contributed by atoms with Crippen LogP contribution in [0.1, 0.15) is 40.5 Å². The van der Waals surface area contributed by atoms with Crippen LogP contribution < -0.4 is 21.7 Å². The van der Waals surface area contributed by atoms with Crippen molar-refractivity contribution in [2.75, 3.05) is 47.9 Å². The number of alkyl carbamates (subject to hydrolysis) is 1. The van der Waals surface area contributed by atoms with Crippen LogP contribution in [0.25, 0.3) is 0 Å². The number of fused-ring (bicyclic) bond motifs is 2. The number of allylic oxidation sites excluding steroid dienone is 4. The van der Waals surface area contributed by atoms with Gasteiger partial charge in [0.1, 0.15) is 6.10 Å². The van der Waals surface area contributed by atoms with Gasteiger partial charge in [-0.25, -0.2) is 4.79 Å². The lowest BCUT2D eigenvalue weighted by Crippen LogP contribution is -2.40. The number of likely N-dealkylation sites (N-methyl/N-ethyl adjacent to an activating group) is 1. The molecule has 14 nitrogen and oxygen atoms in total. The van der Waals surface area contributed by atoms with Crippen LogP contribution in [0.4, 0.5) is 4.79 Å². The Bertz CT molecular complexity index is 1360. The van der Waals surface area contributed by atoms with E-state index in [4.69, 9.17) is 19.9 Å². The summed E-state index contributed by atoms with van der Waals surface area (Å²) in [6, 6.07) is 0. The van der Waals surface area contributed by atoms with Gasteiger partial charge >= 0.3 is 6.09 Å². The van der Waals surface area contributed by atoms with Gasteiger partial charge in [0.25, 0.3) is 5.91 Å². The standard InChI is InChI=1S/C34H51N5O9/c1-19-14-23-29(36-12-13-39(5)6)25(40)17-24(31(23)43)38-33(44)20(2)10-9-11-26(46-7)32(48-34(45)37-18-28(35)41)22(4)16-21(3)30(42)27(15-19)47-8/h9-11,16-17,19,21,26-27,30,32,36,42H,12-15,18H2,1-8H3,(H2,35,41)(H,37,45)(H,38,44)/b11-9-,20-10+,22-16+/t19-,21+,26+,27+,30-,32+/m1/s1. The predicted molar refractivity (Wildman–Crippen MR) is 179 cm³/mol. The molecule has 0 aromatic carbocycles. The number of hydrogen-bond acceptors (Lipinski definition) is 11. The molecule has 14 heteroatoms. The van der Waals surface area contributed by atoms with Gasteiger partial charge in [-0.1, -0.05) is 38.2 Å². The van der Waals surface area contributed by atoms with E-state index < -0.39 is 66.4 Å². The van der Waals surface area contributed by atoms with Gasteiger partial charge in [-0.15, -0.1) is 0 Å². The molecule has 2 aliphatic rings. The summed E-state index contributed by atoms with van der Waals surface area (Å²) in [7, 11) is 6.68. The number of aliphatic hydroxyl groups is 1. The number of amides is 3. The number of nitrogens with one attached hydrogen (secondary N) is 3. The van der Waals surface area contributed by atoms with Crippen LogP contribution in [0.5, 0.6) is 0 Å². The van der Waals surface area contributed by atoms with E-state index >= 15 is 0 Å². The van der Waals surface area contributed by atoms with E-state index in [2.05, 4.69) is 16.0 Å². The van der Waals surface area contributed by atoms with Gasteiger partial charge in [-0.2, -0.15) is 0 Å². The summed E-state index contributed by atoms with van der Waals surface area (Å²) in [6.45, 7) is 7.54. The highest BCUT2D eigenvalue weighted by atomic mass is 16.6. The number of nitrogens with zero attached hydrogens (tertiary/aromatic N) is 1. The molecule has 3 amide bonds. The Kier molecular flexibility index (Phi) is 15.9. The number of aliphatic hydroxyl groups excluding tert-OH is 1. The highest BCUT2D eigenvalue weighted by Crippen LogP contribution is 2.29. The Hall–Kier alpha value is -4.11.